The number of fused-ring (bicyclic) bond motifs is 1. The third-order valence-corrected chi connectivity index (χ3v) is 9.58. The molecule has 0 radical (unpaired) electrons. The minimum absolute atomic E-state index is 0. The van der Waals surface area contributed by atoms with Crippen LogP contribution < -0.4 is 0 Å². The Labute approximate surface area is 201 Å². The molecule has 1 saturated carbocycles. The van der Waals surface area contributed by atoms with E-state index in [4.69, 9.17) is 4.74 Å². The number of thioether (sulfide) groups is 1. The van der Waals surface area contributed by atoms with Gasteiger partial charge in [0.25, 0.3) is 11.2 Å². The van der Waals surface area contributed by atoms with Crippen molar-refractivity contribution in [1.82, 2.24) is 4.90 Å². The molecule has 3 saturated heterocycles. The summed E-state index contributed by atoms with van der Waals surface area (Å²) in [6.45, 7) is 4.84. The van der Waals surface area contributed by atoms with Crippen molar-refractivity contribution in [2.45, 2.75) is 86.3 Å². The second-order valence-electron chi connectivity index (χ2n) is 10.3. The second-order valence-corrected chi connectivity index (χ2v) is 13.1. The number of hydrogen-bond donors (Lipinski definition) is 0. The van der Waals surface area contributed by atoms with Crippen molar-refractivity contribution in [3.8, 4) is 0 Å². The van der Waals surface area contributed by atoms with Crippen LogP contribution in [-0.2, 0) is 34.0 Å². The fourth-order valence-corrected chi connectivity index (χ4v) is 7.88. The standard InChI is InChI=1S/C21H28F2NO8S2.Rf/c1-20(2,3)24-13-14(32-18(26)10-7-5-4-6-8-10)16-12(11(17(24)25)15(13)33-16)19(27)31-9-21(22,23)34(28,29)30;/h9-16H,4-8H2,1-3H3,(H,28,29,30);/q-1;/p-1. The Morgan fingerprint density at radius 1 is 1.11 bits per heavy atom. The summed E-state index contributed by atoms with van der Waals surface area (Å²) < 4.78 is 69.5. The first-order valence-electron chi connectivity index (χ1n) is 11.2. The molecular formula is C21H27F2NO8RfS2-2. The van der Waals surface area contributed by atoms with Crippen molar-refractivity contribution in [3.63, 3.8) is 0 Å². The van der Waals surface area contributed by atoms with Gasteiger partial charge in [0.15, 0.2) is 0 Å². The first-order valence-corrected chi connectivity index (χ1v) is 13.6. The van der Waals surface area contributed by atoms with Gasteiger partial charge < -0.3 is 18.9 Å². The van der Waals surface area contributed by atoms with E-state index in [1.54, 1.807) is 4.90 Å². The van der Waals surface area contributed by atoms with Crippen LogP contribution in [0.1, 0.15) is 52.9 Å². The molecular weight excluding hydrogens is 763 g/mol. The second kappa shape index (κ2) is 8.88. The summed E-state index contributed by atoms with van der Waals surface area (Å²) in [7, 11) is -6.09. The number of alkyl halides is 2. The third kappa shape index (κ3) is 4.46. The number of likely N-dealkylation sites (tertiary alicyclic amines) is 1. The Kier molecular flexibility index (Phi) is 6.88. The van der Waals surface area contributed by atoms with E-state index in [0.717, 1.165) is 19.3 Å². The van der Waals surface area contributed by atoms with E-state index in [9.17, 15) is 36.1 Å². The van der Waals surface area contributed by atoms with Crippen LogP contribution in [0.3, 0.4) is 0 Å². The van der Waals surface area contributed by atoms with Crippen LogP contribution in [0.5, 0.6) is 0 Å². The third-order valence-electron chi connectivity index (χ3n) is 7.06. The molecule has 4 rings (SSSR count). The number of nitrogens with zero attached hydrogens (tertiary/aromatic N) is 1. The Morgan fingerprint density at radius 2 is 1.71 bits per heavy atom. The number of ether oxygens (including phenoxy) is 2. The van der Waals surface area contributed by atoms with Crippen LogP contribution in [0, 0.1) is 24.4 Å². The predicted molar refractivity (Wildman–Crippen MR) is 114 cm³/mol. The van der Waals surface area contributed by atoms with Crippen molar-refractivity contribution in [3.05, 3.63) is 6.61 Å². The van der Waals surface area contributed by atoms with Crippen LogP contribution in [-0.4, -0.2) is 69.2 Å². The maximum Gasteiger partial charge on any atom is 0.309 e. The maximum atomic E-state index is 13.5. The Hall–Kier alpha value is -2.47. The van der Waals surface area contributed by atoms with Crippen LogP contribution in [0.25, 0.3) is 0 Å². The molecule has 0 aromatic carbocycles. The molecule has 0 spiro atoms. The molecule has 4 fully saturated rings. The van der Waals surface area contributed by atoms with Crippen LogP contribution in [0.4, 0.5) is 8.78 Å². The quantitative estimate of drug-likeness (QED) is 0.226. The number of carbonyl (C=O) groups is 3. The van der Waals surface area contributed by atoms with Gasteiger partial charge in [0.05, 0.1) is 29.0 Å². The Balaban J connectivity index is 0.00000342. The first-order chi connectivity index (χ1) is 15.6. The van der Waals surface area contributed by atoms with Crippen LogP contribution in [0.2, 0.25) is 0 Å². The molecule has 9 nitrogen and oxygen atoms in total. The summed E-state index contributed by atoms with van der Waals surface area (Å²) in [5.74, 6) is -4.41. The fourth-order valence-electron chi connectivity index (χ4n) is 5.64. The molecule has 6 unspecified atom stereocenters. The predicted octanol–water partition coefficient (Wildman–Crippen LogP) is 2.06. The monoisotopic (exact) mass is 790 g/mol. The van der Waals surface area contributed by atoms with Gasteiger partial charge in [-0.25, -0.2) is 17.2 Å². The number of rotatable bonds is 6. The molecule has 35 heavy (non-hydrogen) atoms. The zero-order valence-electron chi connectivity index (χ0n) is 19.6. The Bertz CT molecular complexity index is 982. The van der Waals surface area contributed by atoms with Crippen LogP contribution in [0.15, 0.2) is 0 Å². The van der Waals surface area contributed by atoms with Crippen molar-refractivity contribution in [2.24, 2.45) is 17.8 Å². The molecule has 2 bridgehead atoms. The molecule has 1 amide bonds. The van der Waals surface area contributed by atoms with Gasteiger partial charge in [-0.2, -0.15) is 0 Å². The minimum atomic E-state index is -6.09. The molecule has 194 valence electrons. The van der Waals surface area contributed by atoms with Crippen molar-refractivity contribution in [2.75, 3.05) is 0 Å². The number of carbonyl (C=O) groups excluding carboxylic acids is 3. The first kappa shape index (κ1) is 27.1. The van der Waals surface area contributed by atoms with Gasteiger partial charge in [-0.05, 0) is 33.6 Å². The van der Waals surface area contributed by atoms with Gasteiger partial charge in [-0.3, -0.25) is 14.4 Å². The largest absolute Gasteiger partial charge is 0.746 e. The van der Waals surface area contributed by atoms with E-state index in [2.05, 4.69) is 4.74 Å². The fraction of sp³-hybridized carbons (Fsp3) is 0.810. The Morgan fingerprint density at radius 3 is 2.26 bits per heavy atom. The molecule has 0 aromatic rings. The summed E-state index contributed by atoms with van der Waals surface area (Å²) in [6.07, 6.45) is 3.41. The molecule has 3 aliphatic heterocycles. The zero-order valence-corrected chi connectivity index (χ0v) is 27.7. The normalized spacial score (nSPS) is 33.0. The SMILES string of the molecule is CC(C)(C)N1C(=O)C2C3SC(C(OC(=O)C4CCCCC4)C31)C2C(=O)O[CH-]C(F)(F)S(=O)(=O)[O-].[Rf]. The van der Waals surface area contributed by atoms with Gasteiger partial charge in [0, 0.05) is 10.8 Å². The molecule has 1 aliphatic carbocycles. The van der Waals surface area contributed by atoms with Gasteiger partial charge in [-0.15, -0.1) is 11.8 Å². The van der Waals surface area contributed by atoms with E-state index in [1.165, 1.54) is 11.8 Å². The smallest absolute Gasteiger partial charge is 0.309 e. The summed E-state index contributed by atoms with van der Waals surface area (Å²) in [5.41, 5.74) is -0.658. The van der Waals surface area contributed by atoms with E-state index in [-0.39, 0.29) is 11.8 Å². The molecule has 3 heterocycles. The average molecular weight is 791 g/mol. The van der Waals surface area contributed by atoms with Crippen molar-refractivity contribution in [1.29, 1.82) is 0 Å². The summed E-state index contributed by atoms with van der Waals surface area (Å²) >= 11 is 1.28. The summed E-state index contributed by atoms with van der Waals surface area (Å²) in [5, 5.41) is -6.05. The van der Waals surface area contributed by atoms with E-state index < -0.39 is 73.9 Å². The molecule has 0 aromatic heterocycles. The maximum absolute atomic E-state index is 13.5. The zero-order chi connectivity index (χ0) is 25.2. The topological polar surface area (TPSA) is 130 Å². The van der Waals surface area contributed by atoms with E-state index >= 15 is 0 Å². The van der Waals surface area contributed by atoms with Crippen molar-refractivity contribution >= 4 is 39.7 Å². The number of halogens is 2. The molecule has 6 atom stereocenters. The molecule has 14 heteroatoms. The summed E-state index contributed by atoms with van der Waals surface area (Å²) in [6, 6.07) is -0.475. The van der Waals surface area contributed by atoms with Crippen molar-refractivity contribution < 1.29 is 45.6 Å². The van der Waals surface area contributed by atoms with Gasteiger partial charge in [0.1, 0.15) is 16.2 Å². The number of amides is 1. The van der Waals surface area contributed by atoms with Gasteiger partial charge in [-0.1, -0.05) is 25.9 Å². The van der Waals surface area contributed by atoms with Gasteiger partial charge >= 0.3 is 5.97 Å². The summed E-state index contributed by atoms with van der Waals surface area (Å²) in [4.78, 5) is 40.7. The van der Waals surface area contributed by atoms with Crippen LogP contribution >= 0.6 is 11.8 Å². The van der Waals surface area contributed by atoms with Gasteiger partial charge in [0.2, 0.25) is 5.91 Å². The number of hydrogen-bond acceptors (Lipinski definition) is 9. The van der Waals surface area contributed by atoms with E-state index in [1.807, 2.05) is 20.8 Å². The average Bonchev–Trinajstić information content (AvgIpc) is 3.34. The molecule has 0 N–H and O–H groups in total. The molecule has 4 aliphatic rings. The number of esters is 2. The minimum Gasteiger partial charge on any atom is -0.746 e. The van der Waals surface area contributed by atoms with E-state index in [0.29, 0.717) is 12.8 Å².